The van der Waals surface area contributed by atoms with E-state index in [0.29, 0.717) is 5.57 Å². The number of carboxylic acids is 1. The first-order valence-corrected chi connectivity index (χ1v) is 15.5. The third-order valence-electron chi connectivity index (χ3n) is 5.31. The molecule has 1 fully saturated rings. The first-order chi connectivity index (χ1) is 17.8. The van der Waals surface area contributed by atoms with Crippen LogP contribution in [-0.4, -0.2) is 86.8 Å². The van der Waals surface area contributed by atoms with Crippen LogP contribution in [0.2, 0.25) is 0 Å². The molecule has 15 nitrogen and oxygen atoms in total. The fourth-order valence-electron chi connectivity index (χ4n) is 3.77. The molecule has 2 aliphatic heterocycles. The van der Waals surface area contributed by atoms with Crippen LogP contribution in [0.3, 0.4) is 0 Å². The van der Waals surface area contributed by atoms with Gasteiger partial charge in [-0.15, -0.1) is 22.0 Å². The van der Waals surface area contributed by atoms with E-state index in [1.807, 2.05) is 0 Å². The van der Waals surface area contributed by atoms with E-state index in [1.165, 1.54) is 24.3 Å². The lowest BCUT2D eigenvalue weighted by molar-refractivity contribution is -0.150. The van der Waals surface area contributed by atoms with Crippen LogP contribution < -0.4 is 5.32 Å². The third-order valence-corrected chi connectivity index (χ3v) is 9.25. The molecule has 204 valence electrons. The minimum Gasteiger partial charge on any atom is -0.477 e. The molecule has 4 rings (SSSR count). The zero-order valence-corrected chi connectivity index (χ0v) is 22.1. The van der Waals surface area contributed by atoms with Crippen molar-refractivity contribution < 1.29 is 49.8 Å². The number of β-lactam (4-membered cyclic amide) rings is 1. The number of aliphatic carboxylic acids is 1. The molecule has 2 amide bonds. The van der Waals surface area contributed by atoms with Crippen LogP contribution in [0.15, 0.2) is 51.2 Å². The van der Waals surface area contributed by atoms with Gasteiger partial charge in [0.25, 0.3) is 31.4 Å². The molecule has 1 saturated heterocycles. The zero-order chi connectivity index (χ0) is 27.8. The highest BCUT2D eigenvalue weighted by atomic mass is 32.2. The first-order valence-electron chi connectivity index (χ1n) is 10.4. The summed E-state index contributed by atoms with van der Waals surface area (Å²) in [5.41, 5.74) is -0.0426. The topological polar surface area (TPSA) is 234 Å². The Bertz CT molecular complexity index is 1520. The van der Waals surface area contributed by atoms with E-state index >= 15 is 0 Å². The van der Waals surface area contributed by atoms with E-state index in [0.717, 1.165) is 28.4 Å². The number of fused-ring (bicyclic) bond motifs is 1. The SMILES string of the molecule is O=C(O)C1=C(CSc2nnc(CS(=O)(=O)O)o2)CS[C@H]2C(NC(=O)C(c3ccccc3)S(=O)(=O)O)C(=O)N12. The molecule has 0 bridgehead atoms. The van der Waals surface area contributed by atoms with Gasteiger partial charge in [-0.2, -0.15) is 16.8 Å². The van der Waals surface area contributed by atoms with Crippen LogP contribution >= 0.6 is 23.5 Å². The second-order valence-electron chi connectivity index (χ2n) is 7.94. The summed E-state index contributed by atoms with van der Waals surface area (Å²) in [5.74, 6) is -4.50. The molecule has 0 spiro atoms. The van der Waals surface area contributed by atoms with Crippen LogP contribution in [0, 0.1) is 0 Å². The quantitative estimate of drug-likeness (QED) is 0.157. The number of hydrogen-bond donors (Lipinski definition) is 4. The Labute approximate surface area is 223 Å². The number of amides is 2. The number of nitrogens with zero attached hydrogens (tertiary/aromatic N) is 3. The van der Waals surface area contributed by atoms with Crippen molar-refractivity contribution in [1.82, 2.24) is 20.4 Å². The van der Waals surface area contributed by atoms with Crippen molar-refractivity contribution in [2.24, 2.45) is 0 Å². The minimum absolute atomic E-state index is 0.0152. The van der Waals surface area contributed by atoms with Gasteiger partial charge in [-0.05, 0) is 11.1 Å². The van der Waals surface area contributed by atoms with Gasteiger partial charge in [0.15, 0.2) is 11.0 Å². The molecular formula is C19H18N4O11S4. The lowest BCUT2D eigenvalue weighted by atomic mass is 10.0. The lowest BCUT2D eigenvalue weighted by Crippen LogP contribution is -2.71. The molecule has 1 aromatic heterocycles. The van der Waals surface area contributed by atoms with Crippen LogP contribution in [0.4, 0.5) is 0 Å². The van der Waals surface area contributed by atoms with Crippen LogP contribution in [0.25, 0.3) is 0 Å². The van der Waals surface area contributed by atoms with E-state index in [4.69, 9.17) is 8.97 Å². The highest BCUT2D eigenvalue weighted by molar-refractivity contribution is 8.01. The molecule has 3 atom stereocenters. The molecule has 2 unspecified atom stereocenters. The molecule has 0 radical (unpaired) electrons. The molecule has 2 aliphatic rings. The molecule has 4 N–H and O–H groups in total. The van der Waals surface area contributed by atoms with Crippen molar-refractivity contribution in [2.75, 3.05) is 11.5 Å². The summed E-state index contributed by atoms with van der Waals surface area (Å²) in [6.07, 6.45) is 0. The van der Waals surface area contributed by atoms with Gasteiger partial charge in [-0.3, -0.25) is 23.6 Å². The maximum absolute atomic E-state index is 12.9. The van der Waals surface area contributed by atoms with Gasteiger partial charge in [0.05, 0.1) is 0 Å². The number of carboxylic acid groups (broad SMARTS) is 1. The van der Waals surface area contributed by atoms with Gasteiger partial charge in [0.2, 0.25) is 11.8 Å². The summed E-state index contributed by atoms with van der Waals surface area (Å²) >= 11 is 2.01. The maximum atomic E-state index is 12.9. The van der Waals surface area contributed by atoms with Crippen molar-refractivity contribution in [1.29, 1.82) is 0 Å². The Morgan fingerprint density at radius 2 is 1.87 bits per heavy atom. The predicted molar refractivity (Wildman–Crippen MR) is 131 cm³/mol. The number of nitrogens with one attached hydrogen (secondary N) is 1. The number of thioether (sulfide) groups is 2. The van der Waals surface area contributed by atoms with Crippen LogP contribution in [-0.2, 0) is 40.4 Å². The van der Waals surface area contributed by atoms with Gasteiger partial charge in [0.1, 0.15) is 17.1 Å². The molecule has 3 heterocycles. The number of benzene rings is 1. The smallest absolute Gasteiger partial charge is 0.352 e. The summed E-state index contributed by atoms with van der Waals surface area (Å²) in [7, 11) is -9.28. The fourth-order valence-corrected chi connectivity index (χ4v) is 7.30. The van der Waals surface area contributed by atoms with Gasteiger partial charge in [-0.25, -0.2) is 4.79 Å². The van der Waals surface area contributed by atoms with E-state index < -0.39 is 60.4 Å². The first kappa shape index (κ1) is 28.0. The second-order valence-corrected chi connectivity index (χ2v) is 12.9. The summed E-state index contributed by atoms with van der Waals surface area (Å²) < 4.78 is 69.3. The maximum Gasteiger partial charge on any atom is 0.352 e. The summed E-state index contributed by atoms with van der Waals surface area (Å²) in [5, 5.41) is 16.3. The molecule has 2 aromatic rings. The molecular weight excluding hydrogens is 588 g/mol. The number of carbonyl (C=O) groups excluding carboxylic acids is 2. The average molecular weight is 607 g/mol. The minimum atomic E-state index is -4.89. The highest BCUT2D eigenvalue weighted by Gasteiger charge is 2.55. The Hall–Kier alpha value is -2.97. The number of aromatic nitrogens is 2. The van der Waals surface area contributed by atoms with Crippen molar-refractivity contribution in [3.8, 4) is 0 Å². The van der Waals surface area contributed by atoms with E-state index in [9.17, 15) is 40.9 Å². The molecule has 38 heavy (non-hydrogen) atoms. The number of hydrogen-bond acceptors (Lipinski definition) is 12. The van der Waals surface area contributed by atoms with Gasteiger partial charge < -0.3 is 14.8 Å². The normalized spacial score (nSPS) is 20.5. The zero-order valence-electron chi connectivity index (χ0n) is 18.8. The average Bonchev–Trinajstić information content (AvgIpc) is 3.25. The fraction of sp³-hybridized carbons (Fsp3) is 0.316. The summed E-state index contributed by atoms with van der Waals surface area (Å²) in [4.78, 5) is 38.7. The van der Waals surface area contributed by atoms with Crippen molar-refractivity contribution in [3.05, 3.63) is 53.1 Å². The van der Waals surface area contributed by atoms with Crippen molar-refractivity contribution >= 4 is 61.5 Å². The Morgan fingerprint density at radius 3 is 2.47 bits per heavy atom. The number of carbonyl (C=O) groups is 3. The van der Waals surface area contributed by atoms with Crippen LogP contribution in [0.5, 0.6) is 0 Å². The third kappa shape index (κ3) is 6.02. The molecule has 1 aromatic carbocycles. The van der Waals surface area contributed by atoms with Crippen molar-refractivity contribution in [2.45, 2.75) is 27.6 Å². The monoisotopic (exact) mass is 606 g/mol. The molecule has 0 aliphatic carbocycles. The van der Waals surface area contributed by atoms with E-state index in [1.54, 1.807) is 6.07 Å². The van der Waals surface area contributed by atoms with Crippen LogP contribution in [0.1, 0.15) is 16.7 Å². The van der Waals surface area contributed by atoms with E-state index in [-0.39, 0.29) is 33.9 Å². The van der Waals surface area contributed by atoms with Crippen molar-refractivity contribution in [3.63, 3.8) is 0 Å². The molecule has 0 saturated carbocycles. The standard InChI is InChI=1S/C19H18N4O11S4/c24-15(14(38(31,32)33)9-4-2-1-3-5-9)20-12-16(25)23-13(18(26)27)10(6-35-17(12)23)7-36-19-22-21-11(34-19)8-37(28,29)30/h1-5,12,14,17H,6-8H2,(H,20,24)(H,26,27)(H,28,29,30)(H,31,32,33)/t12?,14?,17-/m0/s1. The lowest BCUT2D eigenvalue weighted by Gasteiger charge is -2.49. The Morgan fingerprint density at radius 1 is 1.18 bits per heavy atom. The van der Waals surface area contributed by atoms with Gasteiger partial charge >= 0.3 is 5.97 Å². The van der Waals surface area contributed by atoms with E-state index in [2.05, 4.69) is 15.5 Å². The summed E-state index contributed by atoms with van der Waals surface area (Å²) in [6.45, 7) is 0. The van der Waals surface area contributed by atoms with Gasteiger partial charge in [-0.1, -0.05) is 42.1 Å². The summed E-state index contributed by atoms with van der Waals surface area (Å²) in [6, 6.07) is 5.95. The molecule has 19 heteroatoms. The Balaban J connectivity index is 1.48. The Kier molecular flexibility index (Phi) is 7.86. The predicted octanol–water partition coefficient (Wildman–Crippen LogP) is -0.0828. The largest absolute Gasteiger partial charge is 0.477 e. The highest BCUT2D eigenvalue weighted by Crippen LogP contribution is 2.42. The number of rotatable bonds is 10. The van der Waals surface area contributed by atoms with Gasteiger partial charge in [0, 0.05) is 11.5 Å². The second kappa shape index (κ2) is 10.7.